The topological polar surface area (TPSA) is 50.1 Å². The first-order valence-electron chi connectivity index (χ1n) is 5.81. The molecule has 1 heterocycles. The third kappa shape index (κ3) is 2.00. The molecular formula is C16H9NO2. The second kappa shape index (κ2) is 4.43. The molecule has 2 aromatic rings. The first-order valence-corrected chi connectivity index (χ1v) is 5.81. The Kier molecular flexibility index (Phi) is 2.62. The number of ether oxygens (including phenoxy) is 1. The Bertz CT molecular complexity index is 738. The minimum Gasteiger partial charge on any atom is -0.452 e. The summed E-state index contributed by atoms with van der Waals surface area (Å²) in [4.78, 5) is 12.1. The maximum absolute atomic E-state index is 12.1. The van der Waals surface area contributed by atoms with Gasteiger partial charge in [-0.25, -0.2) is 0 Å². The largest absolute Gasteiger partial charge is 0.452 e. The molecule has 0 saturated carbocycles. The summed E-state index contributed by atoms with van der Waals surface area (Å²) in [5.74, 6) is 0.740. The standard InChI is InChI=1S/C16H9NO2/c17-10-12-5-3-4-11(8-12)9-15-16(18)13-6-1-2-7-14(13)19-15/h1-9H/b15-9-. The molecular weight excluding hydrogens is 238 g/mol. The highest BCUT2D eigenvalue weighted by Gasteiger charge is 2.26. The SMILES string of the molecule is N#Cc1cccc(/C=C2\Oc3ccccc3C2=O)c1. The molecule has 0 saturated heterocycles. The van der Waals surface area contributed by atoms with E-state index < -0.39 is 0 Å². The Morgan fingerprint density at radius 3 is 2.74 bits per heavy atom. The van der Waals surface area contributed by atoms with Crippen LogP contribution in [-0.2, 0) is 0 Å². The lowest BCUT2D eigenvalue weighted by molar-refractivity contribution is 0.101. The van der Waals surface area contributed by atoms with Crippen LogP contribution in [0.5, 0.6) is 5.75 Å². The van der Waals surface area contributed by atoms with Crippen LogP contribution in [0.15, 0.2) is 54.3 Å². The number of nitrogens with zero attached hydrogens (tertiary/aromatic N) is 1. The zero-order valence-corrected chi connectivity index (χ0v) is 9.96. The van der Waals surface area contributed by atoms with Gasteiger partial charge in [-0.3, -0.25) is 4.79 Å². The molecule has 0 fully saturated rings. The van der Waals surface area contributed by atoms with Gasteiger partial charge >= 0.3 is 0 Å². The number of para-hydroxylation sites is 1. The highest BCUT2D eigenvalue weighted by atomic mass is 16.5. The van der Waals surface area contributed by atoms with Crippen molar-refractivity contribution in [3.05, 3.63) is 71.0 Å². The molecule has 0 bridgehead atoms. The summed E-state index contributed by atoms with van der Waals surface area (Å²) in [6, 6.07) is 16.2. The van der Waals surface area contributed by atoms with Gasteiger partial charge in [-0.2, -0.15) is 5.26 Å². The van der Waals surface area contributed by atoms with Gasteiger partial charge in [0.15, 0.2) is 5.76 Å². The second-order valence-corrected chi connectivity index (χ2v) is 4.17. The van der Waals surface area contributed by atoms with E-state index in [4.69, 9.17) is 10.00 Å². The van der Waals surface area contributed by atoms with Gasteiger partial charge in [0.05, 0.1) is 17.2 Å². The third-order valence-electron chi connectivity index (χ3n) is 2.89. The molecule has 0 aliphatic carbocycles. The van der Waals surface area contributed by atoms with E-state index in [2.05, 4.69) is 6.07 Å². The van der Waals surface area contributed by atoms with Gasteiger partial charge < -0.3 is 4.74 Å². The molecule has 0 N–H and O–H groups in total. The monoisotopic (exact) mass is 247 g/mol. The summed E-state index contributed by atoms with van der Waals surface area (Å²) < 4.78 is 5.53. The van der Waals surface area contributed by atoms with Crippen molar-refractivity contribution < 1.29 is 9.53 Å². The van der Waals surface area contributed by atoms with E-state index in [0.717, 1.165) is 5.56 Å². The fourth-order valence-electron chi connectivity index (χ4n) is 1.99. The molecule has 90 valence electrons. The van der Waals surface area contributed by atoms with Crippen LogP contribution in [0.25, 0.3) is 6.08 Å². The number of fused-ring (bicyclic) bond motifs is 1. The molecule has 0 unspecified atom stereocenters. The summed E-state index contributed by atoms with van der Waals surface area (Å²) >= 11 is 0. The van der Waals surface area contributed by atoms with Crippen LogP contribution in [0, 0.1) is 11.3 Å². The van der Waals surface area contributed by atoms with E-state index in [1.165, 1.54) is 0 Å². The van der Waals surface area contributed by atoms with Gasteiger partial charge in [0, 0.05) is 0 Å². The number of carbonyl (C=O) groups excluding carboxylic acids is 1. The summed E-state index contributed by atoms with van der Waals surface area (Å²) in [5, 5.41) is 8.85. The molecule has 3 nitrogen and oxygen atoms in total. The van der Waals surface area contributed by atoms with E-state index in [1.807, 2.05) is 12.1 Å². The number of carbonyl (C=O) groups is 1. The smallest absolute Gasteiger partial charge is 0.231 e. The van der Waals surface area contributed by atoms with Crippen molar-refractivity contribution in [1.29, 1.82) is 5.26 Å². The molecule has 0 spiro atoms. The van der Waals surface area contributed by atoms with Gasteiger partial charge in [0.1, 0.15) is 5.75 Å². The van der Waals surface area contributed by atoms with Crippen molar-refractivity contribution in [2.75, 3.05) is 0 Å². The lowest BCUT2D eigenvalue weighted by Crippen LogP contribution is -1.98. The molecule has 0 amide bonds. The molecule has 19 heavy (non-hydrogen) atoms. The Hall–Kier alpha value is -2.86. The van der Waals surface area contributed by atoms with Crippen LogP contribution in [0.4, 0.5) is 0 Å². The van der Waals surface area contributed by atoms with Crippen molar-refractivity contribution >= 4 is 11.9 Å². The van der Waals surface area contributed by atoms with Crippen LogP contribution >= 0.6 is 0 Å². The van der Waals surface area contributed by atoms with Gasteiger partial charge in [-0.1, -0.05) is 24.3 Å². The third-order valence-corrected chi connectivity index (χ3v) is 2.89. The summed E-state index contributed by atoms with van der Waals surface area (Å²) in [5.41, 5.74) is 1.90. The van der Waals surface area contributed by atoms with Crippen LogP contribution < -0.4 is 4.74 Å². The molecule has 0 atom stereocenters. The van der Waals surface area contributed by atoms with E-state index in [0.29, 0.717) is 16.9 Å². The molecule has 3 rings (SSSR count). The lowest BCUT2D eigenvalue weighted by Gasteiger charge is -1.98. The van der Waals surface area contributed by atoms with Gasteiger partial charge in [-0.05, 0) is 35.9 Å². The van der Waals surface area contributed by atoms with Crippen molar-refractivity contribution in [3.63, 3.8) is 0 Å². The summed E-state index contributed by atoms with van der Waals surface area (Å²) in [7, 11) is 0. The van der Waals surface area contributed by atoms with E-state index in [9.17, 15) is 4.79 Å². The molecule has 1 aliphatic rings. The maximum atomic E-state index is 12.1. The molecule has 0 radical (unpaired) electrons. The number of Topliss-reactive ketones (excluding diaryl/α,β-unsaturated/α-hetero) is 1. The summed E-state index contributed by atoms with van der Waals surface area (Å²) in [6.45, 7) is 0. The number of hydrogen-bond donors (Lipinski definition) is 0. The normalized spacial score (nSPS) is 14.9. The highest BCUT2D eigenvalue weighted by Crippen LogP contribution is 2.31. The maximum Gasteiger partial charge on any atom is 0.231 e. The number of rotatable bonds is 1. The van der Waals surface area contributed by atoms with Crippen molar-refractivity contribution in [2.24, 2.45) is 0 Å². The Balaban J connectivity index is 1.99. The van der Waals surface area contributed by atoms with Gasteiger partial charge in [0.2, 0.25) is 5.78 Å². The number of ketones is 1. The van der Waals surface area contributed by atoms with E-state index in [-0.39, 0.29) is 11.5 Å². The zero-order valence-electron chi connectivity index (χ0n) is 9.96. The van der Waals surface area contributed by atoms with E-state index in [1.54, 1.807) is 42.5 Å². The Morgan fingerprint density at radius 1 is 1.11 bits per heavy atom. The predicted octanol–water partition coefficient (Wildman–Crippen LogP) is 3.17. The average molecular weight is 247 g/mol. The number of allylic oxidation sites excluding steroid dienone is 1. The minimum atomic E-state index is -0.127. The Morgan fingerprint density at radius 2 is 1.95 bits per heavy atom. The predicted molar refractivity (Wildman–Crippen MR) is 70.5 cm³/mol. The van der Waals surface area contributed by atoms with Crippen molar-refractivity contribution in [3.8, 4) is 11.8 Å². The average Bonchev–Trinajstić information content (AvgIpc) is 2.76. The molecule has 2 aromatic carbocycles. The van der Waals surface area contributed by atoms with Crippen LogP contribution in [0.3, 0.4) is 0 Å². The quantitative estimate of drug-likeness (QED) is 0.727. The fraction of sp³-hybridized carbons (Fsp3) is 0. The highest BCUT2D eigenvalue weighted by molar-refractivity contribution is 6.14. The van der Waals surface area contributed by atoms with Gasteiger partial charge in [-0.15, -0.1) is 0 Å². The fourth-order valence-corrected chi connectivity index (χ4v) is 1.99. The van der Waals surface area contributed by atoms with Crippen LogP contribution in [0.2, 0.25) is 0 Å². The molecule has 0 aromatic heterocycles. The number of hydrogen-bond acceptors (Lipinski definition) is 3. The van der Waals surface area contributed by atoms with Crippen LogP contribution in [0.1, 0.15) is 21.5 Å². The first-order chi connectivity index (χ1) is 9.28. The minimum absolute atomic E-state index is 0.127. The van der Waals surface area contributed by atoms with Crippen LogP contribution in [-0.4, -0.2) is 5.78 Å². The number of nitriles is 1. The molecule has 1 aliphatic heterocycles. The van der Waals surface area contributed by atoms with Crippen molar-refractivity contribution in [1.82, 2.24) is 0 Å². The summed E-state index contributed by atoms with van der Waals surface area (Å²) in [6.07, 6.45) is 1.66. The lowest BCUT2D eigenvalue weighted by atomic mass is 10.1. The number of benzene rings is 2. The second-order valence-electron chi connectivity index (χ2n) is 4.17. The first kappa shape index (κ1) is 11.2. The van der Waals surface area contributed by atoms with Crippen molar-refractivity contribution in [2.45, 2.75) is 0 Å². The molecule has 3 heteroatoms. The Labute approximate surface area is 110 Å². The van der Waals surface area contributed by atoms with Gasteiger partial charge in [0.25, 0.3) is 0 Å². The zero-order chi connectivity index (χ0) is 13.2. The van der Waals surface area contributed by atoms with E-state index >= 15 is 0 Å².